The highest BCUT2D eigenvalue weighted by Crippen LogP contribution is 2.31. The van der Waals surface area contributed by atoms with Crippen molar-refractivity contribution in [3.63, 3.8) is 0 Å². The topological polar surface area (TPSA) is 34.0 Å². The van der Waals surface area contributed by atoms with E-state index in [0.29, 0.717) is 23.5 Å². The minimum atomic E-state index is -0.354. The third kappa shape index (κ3) is 3.44. The molecule has 1 aliphatic carbocycles. The van der Waals surface area contributed by atoms with Crippen molar-refractivity contribution in [3.8, 4) is 0 Å². The van der Waals surface area contributed by atoms with Gasteiger partial charge in [0.1, 0.15) is 17.3 Å². The van der Waals surface area contributed by atoms with Gasteiger partial charge in [-0.15, -0.1) is 0 Å². The number of hydrogen-bond donors (Lipinski definition) is 1. The summed E-state index contributed by atoms with van der Waals surface area (Å²) in [5.74, 6) is -0.884. The number of carbonyl (C=O) groups excluding carboxylic acids is 1. The lowest BCUT2D eigenvalue weighted by atomic mass is 9.95. The molecular weight excluding hydrogens is 358 g/mol. The Bertz CT molecular complexity index is 1020. The fourth-order valence-electron chi connectivity index (χ4n) is 4.06. The van der Waals surface area contributed by atoms with Crippen LogP contribution in [0.5, 0.6) is 0 Å². The summed E-state index contributed by atoms with van der Waals surface area (Å²) >= 11 is 0. The van der Waals surface area contributed by atoms with Gasteiger partial charge in [0, 0.05) is 16.9 Å². The van der Waals surface area contributed by atoms with E-state index in [4.69, 9.17) is 0 Å². The van der Waals surface area contributed by atoms with Gasteiger partial charge in [-0.1, -0.05) is 18.2 Å². The Morgan fingerprint density at radius 1 is 1.04 bits per heavy atom. The molecule has 3 aromatic rings. The molecule has 0 radical (unpaired) electrons. The zero-order chi connectivity index (χ0) is 19.7. The molecule has 144 valence electrons. The quantitative estimate of drug-likeness (QED) is 0.659. The Morgan fingerprint density at radius 3 is 2.50 bits per heavy atom. The Morgan fingerprint density at radius 2 is 1.75 bits per heavy atom. The van der Waals surface area contributed by atoms with Crippen molar-refractivity contribution in [1.29, 1.82) is 0 Å². The minimum Gasteiger partial charge on any atom is -0.336 e. The van der Waals surface area contributed by atoms with Gasteiger partial charge in [0.25, 0.3) is 5.91 Å². The van der Waals surface area contributed by atoms with Gasteiger partial charge in [-0.2, -0.15) is 0 Å². The van der Waals surface area contributed by atoms with Gasteiger partial charge in [-0.05, 0) is 74.1 Å². The number of halogens is 2. The van der Waals surface area contributed by atoms with Crippen LogP contribution in [0.2, 0.25) is 0 Å². The van der Waals surface area contributed by atoms with Gasteiger partial charge in [0.2, 0.25) is 0 Å². The van der Waals surface area contributed by atoms with Crippen molar-refractivity contribution in [3.05, 3.63) is 88.2 Å². The fourth-order valence-corrected chi connectivity index (χ4v) is 4.06. The second-order valence-corrected chi connectivity index (χ2v) is 7.24. The zero-order valence-electron chi connectivity index (χ0n) is 15.8. The van der Waals surface area contributed by atoms with Gasteiger partial charge in [0.05, 0.1) is 6.54 Å². The highest BCUT2D eigenvalue weighted by molar-refractivity contribution is 6.04. The van der Waals surface area contributed by atoms with Crippen LogP contribution >= 0.6 is 0 Å². The van der Waals surface area contributed by atoms with Gasteiger partial charge < -0.3 is 9.88 Å². The van der Waals surface area contributed by atoms with Gasteiger partial charge in [-0.25, -0.2) is 8.78 Å². The largest absolute Gasteiger partial charge is 0.336 e. The maximum atomic E-state index is 14.3. The number of carbonyl (C=O) groups is 1. The smallest absolute Gasteiger partial charge is 0.272 e. The summed E-state index contributed by atoms with van der Waals surface area (Å²) in [5, 5.41) is 2.86. The lowest BCUT2D eigenvalue weighted by Crippen LogP contribution is -2.20. The summed E-state index contributed by atoms with van der Waals surface area (Å²) < 4.78 is 29.4. The molecule has 1 aromatic heterocycles. The number of nitrogens with one attached hydrogen (secondary N) is 1. The number of aromatic nitrogens is 1. The third-order valence-electron chi connectivity index (χ3n) is 5.45. The molecule has 0 saturated carbocycles. The first-order valence-corrected chi connectivity index (χ1v) is 9.55. The van der Waals surface area contributed by atoms with Crippen LogP contribution in [0.15, 0.2) is 48.5 Å². The van der Waals surface area contributed by atoms with Crippen molar-refractivity contribution in [2.24, 2.45) is 0 Å². The molecule has 1 N–H and O–H groups in total. The summed E-state index contributed by atoms with van der Waals surface area (Å²) in [6.45, 7) is 2.27. The number of anilines is 1. The predicted molar refractivity (Wildman–Crippen MR) is 106 cm³/mol. The summed E-state index contributed by atoms with van der Waals surface area (Å²) in [7, 11) is 0. The molecule has 4 rings (SSSR count). The van der Waals surface area contributed by atoms with E-state index in [0.717, 1.165) is 36.9 Å². The van der Waals surface area contributed by atoms with Crippen LogP contribution in [0, 0.1) is 18.6 Å². The Kier molecular flexibility index (Phi) is 4.99. The number of benzene rings is 2. The molecule has 1 heterocycles. The number of rotatable bonds is 4. The summed E-state index contributed by atoms with van der Waals surface area (Å²) in [6, 6.07) is 12.4. The summed E-state index contributed by atoms with van der Waals surface area (Å²) in [6.07, 6.45) is 3.97. The van der Waals surface area contributed by atoms with Crippen LogP contribution in [0.3, 0.4) is 0 Å². The SMILES string of the molecule is Cc1c2c(n(Cc3ccccc3F)c1C(=O)Nc1ccc(F)cc1)CCCC2. The number of nitrogens with zero attached hydrogens (tertiary/aromatic N) is 1. The lowest BCUT2D eigenvalue weighted by Gasteiger charge is -2.17. The molecular formula is C23H22F2N2O. The highest BCUT2D eigenvalue weighted by Gasteiger charge is 2.26. The Balaban J connectivity index is 1.75. The van der Waals surface area contributed by atoms with Crippen LogP contribution in [0.25, 0.3) is 0 Å². The molecule has 0 saturated heterocycles. The molecule has 0 atom stereocenters. The standard InChI is InChI=1S/C23H22F2N2O/c1-15-19-7-3-5-9-21(19)27(14-16-6-2-4-8-20(16)25)22(15)23(28)26-18-12-10-17(24)11-13-18/h2,4,6,8,10-13H,3,5,7,9,14H2,1H3,(H,26,28). The van der Waals surface area contributed by atoms with Crippen LogP contribution in [0.4, 0.5) is 14.5 Å². The third-order valence-corrected chi connectivity index (χ3v) is 5.45. The number of hydrogen-bond acceptors (Lipinski definition) is 1. The molecule has 0 aliphatic heterocycles. The van der Waals surface area contributed by atoms with Gasteiger partial charge >= 0.3 is 0 Å². The van der Waals surface area contributed by atoms with E-state index in [-0.39, 0.29) is 17.5 Å². The summed E-state index contributed by atoms with van der Waals surface area (Å²) in [4.78, 5) is 13.1. The Hall–Kier alpha value is -2.95. The molecule has 5 heteroatoms. The van der Waals surface area contributed by atoms with E-state index in [1.807, 2.05) is 11.5 Å². The lowest BCUT2D eigenvalue weighted by molar-refractivity contribution is 0.101. The zero-order valence-corrected chi connectivity index (χ0v) is 15.8. The fraction of sp³-hybridized carbons (Fsp3) is 0.261. The molecule has 0 bridgehead atoms. The molecule has 3 nitrogen and oxygen atoms in total. The first kappa shape index (κ1) is 18.4. The van der Waals surface area contributed by atoms with Crippen molar-refractivity contribution in [2.75, 3.05) is 5.32 Å². The molecule has 1 aliphatic rings. The van der Waals surface area contributed by atoms with Crippen LogP contribution in [-0.2, 0) is 19.4 Å². The van der Waals surface area contributed by atoms with Crippen molar-refractivity contribution < 1.29 is 13.6 Å². The second kappa shape index (κ2) is 7.58. The van der Waals surface area contributed by atoms with Gasteiger partial charge in [0.15, 0.2) is 0 Å². The first-order chi connectivity index (χ1) is 13.5. The number of fused-ring (bicyclic) bond motifs is 1. The maximum Gasteiger partial charge on any atom is 0.272 e. The van der Waals surface area contributed by atoms with E-state index in [1.54, 1.807) is 18.2 Å². The van der Waals surface area contributed by atoms with Crippen LogP contribution < -0.4 is 5.32 Å². The Labute approximate surface area is 163 Å². The monoisotopic (exact) mass is 380 g/mol. The average molecular weight is 380 g/mol. The van der Waals surface area contributed by atoms with Crippen molar-refractivity contribution >= 4 is 11.6 Å². The minimum absolute atomic E-state index is 0.255. The van der Waals surface area contributed by atoms with E-state index in [2.05, 4.69) is 5.32 Å². The number of amides is 1. The molecule has 0 fully saturated rings. The molecule has 28 heavy (non-hydrogen) atoms. The van der Waals surface area contributed by atoms with E-state index < -0.39 is 0 Å². The predicted octanol–water partition coefficient (Wildman–Crippen LogP) is 5.25. The second-order valence-electron chi connectivity index (χ2n) is 7.24. The van der Waals surface area contributed by atoms with E-state index in [1.165, 1.54) is 35.9 Å². The normalized spacial score (nSPS) is 13.2. The molecule has 0 unspecified atom stereocenters. The molecule has 0 spiro atoms. The van der Waals surface area contributed by atoms with Crippen molar-refractivity contribution in [1.82, 2.24) is 4.57 Å². The maximum absolute atomic E-state index is 14.3. The summed E-state index contributed by atoms with van der Waals surface area (Å²) in [5.41, 5.74) is 4.91. The molecule has 1 amide bonds. The van der Waals surface area contributed by atoms with Crippen LogP contribution in [0.1, 0.15) is 45.7 Å². The van der Waals surface area contributed by atoms with Crippen LogP contribution in [-0.4, -0.2) is 10.5 Å². The average Bonchev–Trinajstić information content (AvgIpc) is 2.98. The molecule has 2 aromatic carbocycles. The van der Waals surface area contributed by atoms with Gasteiger partial charge in [-0.3, -0.25) is 4.79 Å². The first-order valence-electron chi connectivity index (χ1n) is 9.55. The van der Waals surface area contributed by atoms with Crippen molar-refractivity contribution in [2.45, 2.75) is 39.2 Å². The highest BCUT2D eigenvalue weighted by atomic mass is 19.1. The van der Waals surface area contributed by atoms with E-state index >= 15 is 0 Å². The van der Waals surface area contributed by atoms with E-state index in [9.17, 15) is 13.6 Å².